The van der Waals surface area contributed by atoms with Crippen molar-refractivity contribution in [2.24, 2.45) is 0 Å². The van der Waals surface area contributed by atoms with Gasteiger partial charge in [0.2, 0.25) is 0 Å². The van der Waals surface area contributed by atoms with Crippen molar-refractivity contribution in [2.75, 3.05) is 14.2 Å². The predicted octanol–water partition coefficient (Wildman–Crippen LogP) is 3.09. The molecule has 0 aliphatic rings. The average molecular weight is 240 g/mol. The van der Waals surface area contributed by atoms with Gasteiger partial charge in [-0.2, -0.15) is 0 Å². The Kier molecular flexibility index (Phi) is 4.24. The van der Waals surface area contributed by atoms with Crippen LogP contribution in [0.25, 0.3) is 0 Å². The van der Waals surface area contributed by atoms with Crippen molar-refractivity contribution < 1.29 is 9.47 Å². The molecule has 0 aromatic heterocycles. The number of rotatable bonds is 5. The molecule has 18 heavy (non-hydrogen) atoms. The molecule has 0 saturated heterocycles. The Hall–Kier alpha value is -1.96. The topological polar surface area (TPSA) is 18.5 Å². The van der Waals surface area contributed by atoms with E-state index in [2.05, 4.69) is 24.3 Å². The molecule has 0 N–H and O–H groups in total. The molecule has 2 nitrogen and oxygen atoms in total. The minimum atomic E-state index is 0.816. The van der Waals surface area contributed by atoms with Gasteiger partial charge in [-0.1, -0.05) is 36.4 Å². The number of benzene rings is 2. The van der Waals surface area contributed by atoms with Crippen LogP contribution in [0.5, 0.6) is 11.5 Å². The van der Waals surface area contributed by atoms with E-state index >= 15 is 0 Å². The molecule has 0 saturated carbocycles. The molecule has 0 heterocycles. The van der Waals surface area contributed by atoms with Crippen LogP contribution in [-0.2, 0) is 12.8 Å². The van der Waals surface area contributed by atoms with Crippen LogP contribution < -0.4 is 9.47 Å². The van der Waals surface area contributed by atoms with E-state index in [1.165, 1.54) is 0 Å². The lowest BCUT2D eigenvalue weighted by Gasteiger charge is -2.10. The van der Waals surface area contributed by atoms with Crippen LogP contribution in [0.2, 0.25) is 0 Å². The van der Waals surface area contributed by atoms with Crippen LogP contribution in [-0.4, -0.2) is 14.2 Å². The highest BCUT2D eigenvalue weighted by Crippen LogP contribution is 2.22. The minimum absolute atomic E-state index is 0.816. The normalized spacial score (nSPS) is 10.1. The molecular formula is C16H16O2. The molecule has 0 amide bonds. The summed E-state index contributed by atoms with van der Waals surface area (Å²) in [5, 5.41) is 0. The van der Waals surface area contributed by atoms with Gasteiger partial charge in [0.25, 0.3) is 0 Å². The Morgan fingerprint density at radius 1 is 0.833 bits per heavy atom. The zero-order chi connectivity index (χ0) is 12.8. The number of aryl methyl sites for hydroxylation is 2. The van der Waals surface area contributed by atoms with Gasteiger partial charge in [-0.05, 0) is 24.0 Å². The molecule has 2 radical (unpaired) electrons. The van der Waals surface area contributed by atoms with Crippen molar-refractivity contribution in [3.05, 3.63) is 59.7 Å². The lowest BCUT2D eigenvalue weighted by molar-refractivity contribution is 0.405. The highest BCUT2D eigenvalue weighted by Gasteiger charge is 2.05. The van der Waals surface area contributed by atoms with Crippen LogP contribution in [0.1, 0.15) is 11.1 Å². The first-order valence-electron chi connectivity index (χ1n) is 5.92. The molecule has 0 spiro atoms. The number of methoxy groups -OCH3 is 2. The first-order valence-corrected chi connectivity index (χ1v) is 5.92. The smallest absolute Gasteiger partial charge is 0.130 e. The van der Waals surface area contributed by atoms with Crippen molar-refractivity contribution in [1.29, 1.82) is 0 Å². The summed E-state index contributed by atoms with van der Waals surface area (Å²) in [5.74, 6) is 1.63. The van der Waals surface area contributed by atoms with Gasteiger partial charge in [0.15, 0.2) is 0 Å². The molecule has 0 atom stereocenters. The zero-order valence-electron chi connectivity index (χ0n) is 10.7. The molecular weight excluding hydrogens is 224 g/mol. The fourth-order valence-electron chi connectivity index (χ4n) is 1.96. The lowest BCUT2D eigenvalue weighted by Crippen LogP contribution is -1.97. The van der Waals surface area contributed by atoms with E-state index in [4.69, 9.17) is 9.47 Å². The number of hydrogen-bond donors (Lipinski definition) is 0. The molecule has 0 aliphatic carbocycles. The molecule has 2 heteroatoms. The molecule has 92 valence electrons. The van der Waals surface area contributed by atoms with Crippen LogP contribution in [0.15, 0.2) is 36.4 Å². The number of para-hydroxylation sites is 2. The van der Waals surface area contributed by atoms with Crippen molar-refractivity contribution in [2.45, 2.75) is 12.8 Å². The third-order valence-corrected chi connectivity index (χ3v) is 2.87. The van der Waals surface area contributed by atoms with Gasteiger partial charge in [0.05, 0.1) is 14.2 Å². The Morgan fingerprint density at radius 2 is 1.28 bits per heavy atom. The van der Waals surface area contributed by atoms with Crippen LogP contribution in [0.4, 0.5) is 0 Å². The summed E-state index contributed by atoms with van der Waals surface area (Å²) < 4.78 is 10.6. The monoisotopic (exact) mass is 240 g/mol. The fourth-order valence-corrected chi connectivity index (χ4v) is 1.96. The van der Waals surface area contributed by atoms with E-state index in [-0.39, 0.29) is 0 Å². The van der Waals surface area contributed by atoms with Crippen molar-refractivity contribution in [3.8, 4) is 11.5 Å². The third-order valence-electron chi connectivity index (χ3n) is 2.87. The maximum absolute atomic E-state index is 5.30. The lowest BCUT2D eigenvalue weighted by atomic mass is 10.0. The number of hydrogen-bond acceptors (Lipinski definition) is 2. The van der Waals surface area contributed by atoms with Gasteiger partial charge in [-0.25, -0.2) is 0 Å². The summed E-state index contributed by atoms with van der Waals surface area (Å²) in [6.45, 7) is 0. The van der Waals surface area contributed by atoms with E-state index in [9.17, 15) is 0 Å². The highest BCUT2D eigenvalue weighted by molar-refractivity contribution is 5.36. The Bertz CT molecular complexity index is 458. The van der Waals surface area contributed by atoms with E-state index in [1.807, 2.05) is 24.3 Å². The largest absolute Gasteiger partial charge is 0.496 e. The van der Waals surface area contributed by atoms with Crippen molar-refractivity contribution in [3.63, 3.8) is 0 Å². The second kappa shape index (κ2) is 6.10. The Labute approximate surface area is 108 Å². The van der Waals surface area contributed by atoms with Gasteiger partial charge in [-0.15, -0.1) is 0 Å². The van der Waals surface area contributed by atoms with E-state index < -0.39 is 0 Å². The second-order valence-electron chi connectivity index (χ2n) is 3.96. The second-order valence-corrected chi connectivity index (χ2v) is 3.96. The van der Waals surface area contributed by atoms with Gasteiger partial charge in [0.1, 0.15) is 11.5 Å². The standard InChI is InChI=1S/C16H16O2/c1-17-15-9-5-3-7-13(15)11-12-14-8-4-6-10-16(14)18-2/h3-8H,11-12H2,1-2H3. The summed E-state index contributed by atoms with van der Waals surface area (Å²) in [5.41, 5.74) is 2.32. The Morgan fingerprint density at radius 3 is 1.67 bits per heavy atom. The van der Waals surface area contributed by atoms with Crippen molar-refractivity contribution in [1.82, 2.24) is 0 Å². The summed E-state index contributed by atoms with van der Waals surface area (Å²) in [6.07, 6.45) is 1.80. The molecule has 2 aromatic carbocycles. The van der Waals surface area contributed by atoms with Gasteiger partial charge in [-0.3, -0.25) is 0 Å². The van der Waals surface area contributed by atoms with Crippen LogP contribution in [0.3, 0.4) is 0 Å². The van der Waals surface area contributed by atoms with Crippen LogP contribution >= 0.6 is 0 Å². The van der Waals surface area contributed by atoms with E-state index in [0.29, 0.717) is 0 Å². The molecule has 0 bridgehead atoms. The summed E-state index contributed by atoms with van der Waals surface area (Å²) in [4.78, 5) is 0. The fraction of sp³-hybridized carbons (Fsp3) is 0.250. The first kappa shape index (κ1) is 12.5. The third kappa shape index (κ3) is 2.83. The van der Waals surface area contributed by atoms with Crippen molar-refractivity contribution >= 4 is 0 Å². The van der Waals surface area contributed by atoms with Gasteiger partial charge < -0.3 is 9.47 Å². The maximum atomic E-state index is 5.30. The minimum Gasteiger partial charge on any atom is -0.496 e. The zero-order valence-corrected chi connectivity index (χ0v) is 10.7. The van der Waals surface area contributed by atoms with Crippen LogP contribution in [0, 0.1) is 12.1 Å². The summed E-state index contributed by atoms with van der Waals surface area (Å²) in [7, 11) is 3.35. The van der Waals surface area contributed by atoms with E-state index in [0.717, 1.165) is 35.5 Å². The molecule has 2 aromatic rings. The summed E-state index contributed by atoms with van der Waals surface area (Å²) in [6, 6.07) is 18.0. The average Bonchev–Trinajstić information content (AvgIpc) is 2.45. The quantitative estimate of drug-likeness (QED) is 0.799. The first-order chi connectivity index (χ1) is 8.85. The predicted molar refractivity (Wildman–Crippen MR) is 71.1 cm³/mol. The SMILES string of the molecule is COc1[c]cccc1CCc1ccc[c]c1OC. The van der Waals surface area contributed by atoms with Gasteiger partial charge in [0, 0.05) is 12.1 Å². The number of ether oxygens (including phenoxy) is 2. The summed E-state index contributed by atoms with van der Waals surface area (Å²) >= 11 is 0. The molecule has 0 fully saturated rings. The molecule has 2 rings (SSSR count). The molecule has 0 aliphatic heterocycles. The van der Waals surface area contributed by atoms with Gasteiger partial charge >= 0.3 is 0 Å². The Balaban J connectivity index is 2.11. The van der Waals surface area contributed by atoms with E-state index in [1.54, 1.807) is 14.2 Å². The highest BCUT2D eigenvalue weighted by atomic mass is 16.5. The maximum Gasteiger partial charge on any atom is 0.130 e. The molecule has 0 unspecified atom stereocenters.